The van der Waals surface area contributed by atoms with Crippen molar-refractivity contribution in [2.75, 3.05) is 34.4 Å². The van der Waals surface area contributed by atoms with E-state index in [1.165, 1.54) is 0 Å². The van der Waals surface area contributed by atoms with Crippen molar-refractivity contribution in [1.82, 2.24) is 35.7 Å². The van der Waals surface area contributed by atoms with Gasteiger partial charge in [-0.1, -0.05) is 57.5 Å². The summed E-state index contributed by atoms with van der Waals surface area (Å²) in [6, 6.07) is 9.35. The van der Waals surface area contributed by atoms with Crippen molar-refractivity contribution in [3.05, 3.63) is 42.4 Å². The molecule has 2 aliphatic heterocycles. The number of H-pyrrole nitrogens is 1. The van der Waals surface area contributed by atoms with Crippen LogP contribution >= 0.6 is 0 Å². The number of amides is 4. The molecule has 9 atom stereocenters. The van der Waals surface area contributed by atoms with Crippen LogP contribution in [0.2, 0.25) is 0 Å². The van der Waals surface area contributed by atoms with Crippen molar-refractivity contribution in [1.29, 1.82) is 0 Å². The van der Waals surface area contributed by atoms with Crippen LogP contribution in [-0.4, -0.2) is 114 Å². The summed E-state index contributed by atoms with van der Waals surface area (Å²) in [4.78, 5) is 64.9. The lowest BCUT2D eigenvalue weighted by molar-refractivity contribution is -0.145. The minimum atomic E-state index is -0.568. The fourth-order valence-corrected chi connectivity index (χ4v) is 8.42. The molecule has 3 heterocycles. The van der Waals surface area contributed by atoms with Crippen LogP contribution in [0.4, 0.5) is 0 Å². The lowest BCUT2D eigenvalue weighted by atomic mass is 9.90. The second-order valence-electron chi connectivity index (χ2n) is 14.6. The molecule has 1 saturated carbocycles. The van der Waals surface area contributed by atoms with Crippen molar-refractivity contribution >= 4 is 23.6 Å². The highest BCUT2D eigenvalue weighted by atomic mass is 16.5. The molecular formula is C38H57N7O6. The summed E-state index contributed by atoms with van der Waals surface area (Å²) in [6.45, 7) is 6.60. The van der Waals surface area contributed by atoms with Gasteiger partial charge in [0.15, 0.2) is 0 Å². The van der Waals surface area contributed by atoms with E-state index in [0.29, 0.717) is 30.7 Å². The van der Waals surface area contributed by atoms with Gasteiger partial charge in [-0.15, -0.1) is 0 Å². The largest absolute Gasteiger partial charge is 0.379 e. The van der Waals surface area contributed by atoms with Crippen LogP contribution in [-0.2, 0) is 35.2 Å². The number of nitrogens with one attached hydrogen (secondary N) is 4. The molecule has 2 bridgehead atoms. The predicted octanol–water partition coefficient (Wildman–Crippen LogP) is 2.87. The molecule has 1 aromatic carbocycles. The summed E-state index contributed by atoms with van der Waals surface area (Å²) >= 11 is 0. The molecule has 0 radical (unpaired) electrons. The Morgan fingerprint density at radius 2 is 1.82 bits per heavy atom. The quantitative estimate of drug-likeness (QED) is 0.196. The minimum absolute atomic E-state index is 0.0300. The average molecular weight is 708 g/mol. The average Bonchev–Trinajstić information content (AvgIpc) is 3.99. The van der Waals surface area contributed by atoms with Gasteiger partial charge in [-0.2, -0.15) is 0 Å². The lowest BCUT2D eigenvalue weighted by Crippen LogP contribution is -2.55. The van der Waals surface area contributed by atoms with Crippen molar-refractivity contribution < 1.29 is 28.7 Å². The molecule has 4 N–H and O–H groups in total. The number of aromatic nitrogens is 2. The first kappa shape index (κ1) is 38.4. The first-order chi connectivity index (χ1) is 24.6. The van der Waals surface area contributed by atoms with Crippen molar-refractivity contribution in [2.24, 2.45) is 17.8 Å². The minimum Gasteiger partial charge on any atom is -0.379 e. The Morgan fingerprint density at radius 3 is 2.47 bits per heavy atom. The normalized spacial score (nSPS) is 24.1. The third-order valence-electron chi connectivity index (χ3n) is 11.5. The molecule has 0 spiro atoms. The number of methoxy groups -OCH3 is 2. The second kappa shape index (κ2) is 17.6. The van der Waals surface area contributed by atoms with E-state index in [-0.39, 0.29) is 67.2 Å². The lowest BCUT2D eigenvalue weighted by Gasteiger charge is -2.39. The Labute approximate surface area is 302 Å². The van der Waals surface area contributed by atoms with E-state index in [4.69, 9.17) is 9.47 Å². The zero-order valence-corrected chi connectivity index (χ0v) is 31.0. The van der Waals surface area contributed by atoms with E-state index in [2.05, 4.69) is 25.9 Å². The number of ether oxygens (including phenoxy) is 2. The molecule has 5 rings (SSSR count). The highest BCUT2D eigenvalue weighted by molar-refractivity contribution is 5.88. The SMILES string of the molecule is CCC(C)C(C(CC(=O)N1CCCC1C(OC)C(C)C(=O)NCc1ncc(-c2ccccc2)[nH]1)OC)N(C)C(=O)CNC(=O)C1NC2CCC1C2. The number of hydrogen-bond donors (Lipinski definition) is 4. The van der Waals surface area contributed by atoms with Gasteiger partial charge >= 0.3 is 0 Å². The molecule has 2 aromatic rings. The Hall–Kier alpha value is -3.81. The first-order valence-corrected chi connectivity index (χ1v) is 18.6. The Bertz CT molecular complexity index is 1490. The smallest absolute Gasteiger partial charge is 0.242 e. The molecule has 9 unspecified atom stereocenters. The second-order valence-corrected chi connectivity index (χ2v) is 14.6. The fraction of sp³-hybridized carbons (Fsp3) is 0.658. The highest BCUT2D eigenvalue weighted by Crippen LogP contribution is 2.35. The van der Waals surface area contributed by atoms with Gasteiger partial charge in [0.05, 0.1) is 67.7 Å². The summed E-state index contributed by atoms with van der Waals surface area (Å²) in [5, 5.41) is 9.22. The van der Waals surface area contributed by atoms with Crippen LogP contribution in [0, 0.1) is 17.8 Å². The van der Waals surface area contributed by atoms with E-state index in [9.17, 15) is 19.2 Å². The number of carbonyl (C=O) groups excluding carboxylic acids is 4. The fourth-order valence-electron chi connectivity index (χ4n) is 8.42. The number of rotatable bonds is 17. The molecule has 4 amide bonds. The number of carbonyl (C=O) groups is 4. The Morgan fingerprint density at radius 1 is 1.06 bits per heavy atom. The zero-order chi connectivity index (χ0) is 36.7. The molecule has 2 saturated heterocycles. The van der Waals surface area contributed by atoms with Crippen LogP contribution in [0.1, 0.15) is 71.5 Å². The van der Waals surface area contributed by atoms with Gasteiger partial charge in [0.2, 0.25) is 23.6 Å². The Kier molecular flexibility index (Phi) is 13.3. The molecule has 13 heteroatoms. The maximum Gasteiger partial charge on any atom is 0.242 e. The number of fused-ring (bicyclic) bond motifs is 2. The van der Waals surface area contributed by atoms with Gasteiger partial charge in [0.1, 0.15) is 5.82 Å². The number of nitrogens with zero attached hydrogens (tertiary/aromatic N) is 3. The third kappa shape index (κ3) is 8.99. The van der Waals surface area contributed by atoms with Crippen LogP contribution in [0.15, 0.2) is 36.5 Å². The van der Waals surface area contributed by atoms with Gasteiger partial charge in [-0.05, 0) is 49.5 Å². The van der Waals surface area contributed by atoms with Gasteiger partial charge in [-0.3, -0.25) is 19.2 Å². The number of likely N-dealkylation sites (N-methyl/N-ethyl adjacent to an activating group) is 1. The Balaban J connectivity index is 1.17. The molecule has 51 heavy (non-hydrogen) atoms. The van der Waals surface area contributed by atoms with Gasteiger partial charge < -0.3 is 40.2 Å². The van der Waals surface area contributed by atoms with Crippen molar-refractivity contribution in [2.45, 2.75) is 109 Å². The number of benzene rings is 1. The molecular weight excluding hydrogens is 650 g/mol. The summed E-state index contributed by atoms with van der Waals surface area (Å²) in [7, 11) is 4.88. The van der Waals surface area contributed by atoms with E-state index in [0.717, 1.165) is 43.4 Å². The monoisotopic (exact) mass is 707 g/mol. The van der Waals surface area contributed by atoms with E-state index < -0.39 is 18.1 Å². The number of hydrogen-bond acceptors (Lipinski definition) is 8. The van der Waals surface area contributed by atoms with Crippen LogP contribution < -0.4 is 16.0 Å². The topological polar surface area (TPSA) is 158 Å². The number of piperidine rings is 1. The first-order valence-electron chi connectivity index (χ1n) is 18.6. The number of aromatic amines is 1. The van der Waals surface area contributed by atoms with Crippen LogP contribution in [0.5, 0.6) is 0 Å². The third-order valence-corrected chi connectivity index (χ3v) is 11.5. The van der Waals surface area contributed by atoms with Crippen molar-refractivity contribution in [3.8, 4) is 11.3 Å². The van der Waals surface area contributed by atoms with E-state index in [1.807, 2.05) is 56.0 Å². The molecule has 3 fully saturated rings. The summed E-state index contributed by atoms with van der Waals surface area (Å²) in [6.07, 6.45) is 6.17. The van der Waals surface area contributed by atoms with Gasteiger partial charge in [0.25, 0.3) is 0 Å². The zero-order valence-electron chi connectivity index (χ0n) is 31.0. The summed E-state index contributed by atoms with van der Waals surface area (Å²) < 4.78 is 11.9. The maximum absolute atomic E-state index is 14.0. The predicted molar refractivity (Wildman–Crippen MR) is 193 cm³/mol. The molecule has 13 nitrogen and oxygen atoms in total. The maximum atomic E-state index is 14.0. The van der Waals surface area contributed by atoms with E-state index >= 15 is 0 Å². The van der Waals surface area contributed by atoms with Crippen LogP contribution in [0.25, 0.3) is 11.3 Å². The van der Waals surface area contributed by atoms with Crippen molar-refractivity contribution in [3.63, 3.8) is 0 Å². The van der Waals surface area contributed by atoms with Gasteiger partial charge in [0, 0.05) is 33.9 Å². The number of likely N-dealkylation sites (tertiary alicyclic amines) is 1. The molecule has 1 aliphatic carbocycles. The molecule has 280 valence electrons. The van der Waals surface area contributed by atoms with Gasteiger partial charge in [-0.25, -0.2) is 4.98 Å². The number of imidazole rings is 1. The molecule has 1 aromatic heterocycles. The standard InChI is InChI=1S/C38H57N7O6/c1-7-23(2)35(44(4)33(47)22-41-38(49)34-26-15-16-27(18-26)42-34)30(50-5)19-32(46)45-17-11-14-29(45)36(51-6)24(3)37(48)40-21-31-39-20-28(43-31)25-12-9-8-10-13-25/h8-10,12-13,20,23-24,26-27,29-30,34-36,42H,7,11,14-19,21-22H2,1-6H3,(H,39,43)(H,40,48)(H,41,49). The summed E-state index contributed by atoms with van der Waals surface area (Å²) in [5.41, 5.74) is 1.89. The highest BCUT2D eigenvalue weighted by Gasteiger charge is 2.44. The van der Waals surface area contributed by atoms with Crippen LogP contribution in [0.3, 0.4) is 0 Å². The molecule has 3 aliphatic rings. The summed E-state index contributed by atoms with van der Waals surface area (Å²) in [5.74, 6) is -0.169. The van der Waals surface area contributed by atoms with E-state index in [1.54, 1.807) is 32.4 Å².